The number of alkyl halides is 1. The van der Waals surface area contributed by atoms with Gasteiger partial charge in [0.1, 0.15) is 17.9 Å². The molecule has 1 aromatic rings. The van der Waals surface area contributed by atoms with Gasteiger partial charge in [-0.15, -0.1) is 0 Å². The number of aliphatic hydroxyl groups excluding tert-OH is 2. The van der Waals surface area contributed by atoms with E-state index in [2.05, 4.69) is 5.10 Å². The van der Waals surface area contributed by atoms with E-state index in [1.54, 1.807) is 0 Å². The third-order valence-corrected chi connectivity index (χ3v) is 10.0. The highest BCUT2D eigenvalue weighted by molar-refractivity contribution is 5.90. The minimum Gasteiger partial charge on any atom is -0.390 e. The molecule has 3 N–H and O–H groups in total. The second-order valence-electron chi connectivity index (χ2n) is 11.2. The average molecular weight is 447 g/mol. The van der Waals surface area contributed by atoms with E-state index in [4.69, 9.17) is 0 Å². The van der Waals surface area contributed by atoms with Crippen LogP contribution < -0.4 is 0 Å². The number of carbonyl (C=O) groups excluding carboxylic acids is 1. The predicted octanol–water partition coefficient (Wildman–Crippen LogP) is 2.69. The molecule has 0 saturated heterocycles. The van der Waals surface area contributed by atoms with Gasteiger partial charge in [0.2, 0.25) is 0 Å². The van der Waals surface area contributed by atoms with Crippen molar-refractivity contribution in [2.75, 3.05) is 6.61 Å². The summed E-state index contributed by atoms with van der Waals surface area (Å²) in [5, 5.41) is 37.2. The number of carbonyl (C=O) groups is 1. The van der Waals surface area contributed by atoms with Gasteiger partial charge in [-0.3, -0.25) is 9.48 Å². The molecule has 0 aromatic carbocycles. The van der Waals surface area contributed by atoms with Gasteiger partial charge in [-0.25, -0.2) is 4.39 Å². The van der Waals surface area contributed by atoms with Crippen molar-refractivity contribution >= 4 is 11.9 Å². The zero-order chi connectivity index (χ0) is 23.3. The van der Waals surface area contributed by atoms with E-state index in [1.165, 1.54) is 0 Å². The third-order valence-electron chi connectivity index (χ3n) is 10.0. The Kier molecular flexibility index (Phi) is 4.68. The van der Waals surface area contributed by atoms with Crippen LogP contribution in [0.5, 0.6) is 0 Å². The van der Waals surface area contributed by atoms with E-state index in [0.29, 0.717) is 25.7 Å². The van der Waals surface area contributed by atoms with Gasteiger partial charge in [0.05, 0.1) is 11.8 Å². The summed E-state index contributed by atoms with van der Waals surface area (Å²) < 4.78 is 19.3. The predicted molar refractivity (Wildman–Crippen MR) is 117 cm³/mol. The first kappa shape index (κ1) is 22.2. The quantitative estimate of drug-likeness (QED) is 0.664. The Bertz CT molecular complexity index is 1010. The topological polar surface area (TPSA) is 95.6 Å². The highest BCUT2D eigenvalue weighted by Gasteiger charge is 2.75. The maximum Gasteiger partial charge on any atom is 0.190 e. The number of ketones is 1. The summed E-state index contributed by atoms with van der Waals surface area (Å²) >= 11 is 0. The first-order valence-corrected chi connectivity index (χ1v) is 12.0. The number of aromatic nitrogens is 2. The fraction of sp³-hybridized carbons (Fsp3) is 0.760. The fourth-order valence-electron chi connectivity index (χ4n) is 8.32. The van der Waals surface area contributed by atoms with E-state index in [-0.39, 0.29) is 12.3 Å². The molecular weight excluding hydrogens is 411 g/mol. The summed E-state index contributed by atoms with van der Waals surface area (Å²) in [5.41, 5.74) is -2.56. The van der Waals surface area contributed by atoms with E-state index >= 15 is 4.39 Å². The molecular formula is C25H35FN2O4. The van der Waals surface area contributed by atoms with Crippen LogP contribution in [0, 0.1) is 28.6 Å². The van der Waals surface area contributed by atoms with E-state index < -0.39 is 52.4 Å². The second kappa shape index (κ2) is 6.73. The molecule has 0 unspecified atom stereocenters. The van der Waals surface area contributed by atoms with Crippen molar-refractivity contribution in [3.63, 3.8) is 0 Å². The van der Waals surface area contributed by atoms with Crippen LogP contribution in [-0.4, -0.2) is 54.9 Å². The summed E-state index contributed by atoms with van der Waals surface area (Å²) in [5.74, 6) is -1.74. The van der Waals surface area contributed by atoms with Crippen LogP contribution in [0.3, 0.4) is 0 Å². The van der Waals surface area contributed by atoms with E-state index in [1.807, 2.05) is 44.6 Å². The fourth-order valence-corrected chi connectivity index (χ4v) is 8.32. The normalized spacial score (nSPS) is 47.2. The molecule has 176 valence electrons. The van der Waals surface area contributed by atoms with Crippen molar-refractivity contribution in [2.24, 2.45) is 28.6 Å². The number of hydrogen-bond acceptors (Lipinski definition) is 5. The van der Waals surface area contributed by atoms with Crippen molar-refractivity contribution < 1.29 is 24.5 Å². The monoisotopic (exact) mass is 446 g/mol. The summed E-state index contributed by atoms with van der Waals surface area (Å²) in [6.45, 7) is 7.58. The number of halogens is 1. The van der Waals surface area contributed by atoms with Gasteiger partial charge in [0.15, 0.2) is 5.78 Å². The zero-order valence-electron chi connectivity index (χ0n) is 19.4. The van der Waals surface area contributed by atoms with Crippen molar-refractivity contribution in [1.82, 2.24) is 9.78 Å². The number of aliphatic hydroxyl groups is 3. The van der Waals surface area contributed by atoms with Crippen LogP contribution in [0.4, 0.5) is 4.39 Å². The highest BCUT2D eigenvalue weighted by atomic mass is 19.1. The van der Waals surface area contributed by atoms with Crippen molar-refractivity contribution in [2.45, 2.75) is 83.7 Å². The molecule has 1 aromatic heterocycles. The molecule has 32 heavy (non-hydrogen) atoms. The molecule has 0 amide bonds. The number of Topliss-reactive ketones (excluding diaryl/α,β-unsaturated/α-hetero) is 1. The Balaban J connectivity index is 1.60. The zero-order valence-corrected chi connectivity index (χ0v) is 19.4. The first-order valence-electron chi connectivity index (χ1n) is 12.0. The first-order chi connectivity index (χ1) is 15.0. The highest BCUT2D eigenvalue weighted by Crippen LogP contribution is 2.71. The molecule has 7 heteroatoms. The van der Waals surface area contributed by atoms with Crippen molar-refractivity contribution in [1.29, 1.82) is 0 Å². The maximum atomic E-state index is 17.5. The second-order valence-corrected chi connectivity index (χ2v) is 11.2. The lowest BCUT2D eigenvalue weighted by Gasteiger charge is -2.63. The van der Waals surface area contributed by atoms with Crippen LogP contribution in [0.25, 0.3) is 6.08 Å². The number of fused-ring (bicyclic) bond motifs is 6. The smallest absolute Gasteiger partial charge is 0.190 e. The standard InChI is InChI=1S/C25H35FN2O4/c1-5-28-12-15-10-22(3)16(9-19(15)27-28)6-7-17-18-8-14(2)25(32,21(31)13-29)23(18,4)11-20(30)24(17,22)26/h9,12,14,17-18,20,29-30,32H,5-8,10-11,13H2,1-4H3/t14-,17+,18+,20+,22+,23+,24+,25+/m1/s1. The van der Waals surface area contributed by atoms with Crippen molar-refractivity contribution in [3.05, 3.63) is 23.0 Å². The van der Waals surface area contributed by atoms with Crippen LogP contribution in [0.15, 0.2) is 11.8 Å². The van der Waals surface area contributed by atoms with Crippen LogP contribution >= 0.6 is 0 Å². The Hall–Kier alpha value is -1.57. The van der Waals surface area contributed by atoms with E-state index in [0.717, 1.165) is 23.4 Å². The number of hydrogen-bond donors (Lipinski definition) is 3. The van der Waals surface area contributed by atoms with Gasteiger partial charge >= 0.3 is 0 Å². The Labute approximate surface area is 188 Å². The summed E-state index contributed by atoms with van der Waals surface area (Å²) in [6, 6.07) is 0. The summed E-state index contributed by atoms with van der Waals surface area (Å²) in [7, 11) is 0. The lowest BCUT2D eigenvalue weighted by atomic mass is 9.43. The van der Waals surface area contributed by atoms with Crippen LogP contribution in [-0.2, 0) is 17.8 Å². The molecule has 1 heterocycles. The largest absolute Gasteiger partial charge is 0.390 e. The molecule has 8 atom stereocenters. The Morgan fingerprint density at radius 1 is 1.34 bits per heavy atom. The lowest BCUT2D eigenvalue weighted by molar-refractivity contribution is -0.226. The summed E-state index contributed by atoms with van der Waals surface area (Å²) in [6.07, 6.45) is 4.96. The number of aryl methyl sites for hydroxylation is 1. The lowest BCUT2D eigenvalue weighted by Crippen LogP contribution is -2.70. The molecule has 0 radical (unpaired) electrons. The SMILES string of the molecule is CCn1cc2c(n1)C=C1CC[C@H]3[C@@H]4C[C@@H](C)[C@](O)(C(=O)CO)[C@@]4(C)C[C@H](O)[C@]3(F)[C@@]1(C)C2. The van der Waals surface area contributed by atoms with Crippen LogP contribution in [0.2, 0.25) is 0 Å². The molecule has 5 rings (SSSR count). The molecule has 4 aliphatic carbocycles. The average Bonchev–Trinajstić information content (AvgIpc) is 3.24. The van der Waals surface area contributed by atoms with Gasteiger partial charge in [-0.2, -0.15) is 5.10 Å². The minimum absolute atomic E-state index is 0.00119. The molecule has 3 saturated carbocycles. The van der Waals surface area contributed by atoms with Gasteiger partial charge in [-0.05, 0) is 62.5 Å². The molecule has 4 aliphatic rings. The van der Waals surface area contributed by atoms with Gasteiger partial charge in [-0.1, -0.05) is 26.3 Å². The van der Waals surface area contributed by atoms with Crippen molar-refractivity contribution in [3.8, 4) is 0 Å². The van der Waals surface area contributed by atoms with Gasteiger partial charge < -0.3 is 15.3 Å². The van der Waals surface area contributed by atoms with Gasteiger partial charge in [0, 0.05) is 29.5 Å². The van der Waals surface area contributed by atoms with Gasteiger partial charge in [0.25, 0.3) is 0 Å². The molecule has 0 bridgehead atoms. The number of rotatable bonds is 3. The third kappa shape index (κ3) is 2.35. The number of nitrogens with zero attached hydrogens (tertiary/aromatic N) is 2. The minimum atomic E-state index is -1.86. The molecule has 0 spiro atoms. The summed E-state index contributed by atoms with van der Waals surface area (Å²) in [4.78, 5) is 12.7. The van der Waals surface area contributed by atoms with E-state index in [9.17, 15) is 20.1 Å². The Morgan fingerprint density at radius 3 is 2.72 bits per heavy atom. The molecule has 6 nitrogen and oxygen atoms in total. The maximum absolute atomic E-state index is 17.5. The molecule has 0 aliphatic heterocycles. The number of allylic oxidation sites excluding steroid dienone is 1. The van der Waals surface area contributed by atoms with Crippen LogP contribution in [0.1, 0.15) is 64.6 Å². The Morgan fingerprint density at radius 2 is 2.06 bits per heavy atom. The molecule has 3 fully saturated rings.